The molecular formula is C45H90N2O6P+. The fourth-order valence-electron chi connectivity index (χ4n) is 6.51. The summed E-state index contributed by atoms with van der Waals surface area (Å²) >= 11 is 0. The third kappa shape index (κ3) is 39.2. The number of hydrogen-bond acceptors (Lipinski definition) is 5. The lowest BCUT2D eigenvalue weighted by atomic mass is 10.0. The fourth-order valence-corrected chi connectivity index (χ4v) is 7.24. The quantitative estimate of drug-likeness (QED) is 0.0247. The van der Waals surface area contributed by atoms with Gasteiger partial charge in [0, 0.05) is 6.42 Å². The number of carbonyl (C=O) groups is 1. The van der Waals surface area contributed by atoms with Gasteiger partial charge in [0.2, 0.25) is 5.91 Å². The molecule has 320 valence electrons. The van der Waals surface area contributed by atoms with Crippen molar-refractivity contribution >= 4 is 13.7 Å². The van der Waals surface area contributed by atoms with E-state index >= 15 is 0 Å². The Morgan fingerprint density at radius 3 is 1.43 bits per heavy atom. The van der Waals surface area contributed by atoms with Crippen LogP contribution in [0.25, 0.3) is 0 Å². The first kappa shape index (κ1) is 53.0. The topological polar surface area (TPSA) is 105 Å². The van der Waals surface area contributed by atoms with Crippen LogP contribution in [0.15, 0.2) is 24.3 Å². The van der Waals surface area contributed by atoms with Crippen LogP contribution in [0.1, 0.15) is 206 Å². The number of aliphatic hydroxyl groups is 1. The van der Waals surface area contributed by atoms with Crippen LogP contribution in [0.3, 0.4) is 0 Å². The van der Waals surface area contributed by atoms with Gasteiger partial charge in [0.25, 0.3) is 0 Å². The molecule has 3 atom stereocenters. The molecule has 3 unspecified atom stereocenters. The van der Waals surface area contributed by atoms with Crippen LogP contribution < -0.4 is 5.32 Å². The standard InChI is InChI=1S/C45H89N2O6P/c1-6-8-10-12-14-15-16-17-18-19-20-21-22-23-24-25-26-27-28-29-30-31-33-35-37-39-45(49)46-43(44(48)38-36-34-32-13-11-9-7-2)42-53-54(50,51)52-41-40-47(3,4)5/h19-20,36,38,43-44,48H,6-18,21-35,37,39-42H2,1-5H3,(H-,46,49,50,51)/p+1/b20-19-,38-36+. The zero-order chi connectivity index (χ0) is 40.0. The number of hydrogen-bond donors (Lipinski definition) is 3. The van der Waals surface area contributed by atoms with E-state index in [0.29, 0.717) is 17.4 Å². The zero-order valence-electron chi connectivity index (χ0n) is 36.2. The van der Waals surface area contributed by atoms with Crippen LogP contribution in [0.4, 0.5) is 0 Å². The molecule has 1 amide bonds. The minimum Gasteiger partial charge on any atom is -0.387 e. The number of rotatable bonds is 41. The second-order valence-electron chi connectivity index (χ2n) is 16.8. The monoisotopic (exact) mass is 786 g/mol. The van der Waals surface area contributed by atoms with Crippen LogP contribution in [0.5, 0.6) is 0 Å². The van der Waals surface area contributed by atoms with Crippen LogP contribution in [-0.4, -0.2) is 73.4 Å². The average molecular weight is 786 g/mol. The van der Waals surface area contributed by atoms with E-state index in [9.17, 15) is 19.4 Å². The minimum absolute atomic E-state index is 0.0622. The summed E-state index contributed by atoms with van der Waals surface area (Å²) in [5.74, 6) is -0.181. The molecular weight excluding hydrogens is 695 g/mol. The maximum atomic E-state index is 12.8. The van der Waals surface area contributed by atoms with Crippen LogP contribution in [0.2, 0.25) is 0 Å². The maximum absolute atomic E-state index is 12.8. The van der Waals surface area contributed by atoms with E-state index in [2.05, 4.69) is 31.3 Å². The average Bonchev–Trinajstić information content (AvgIpc) is 3.12. The molecule has 8 nitrogen and oxygen atoms in total. The number of allylic oxidation sites excluding steroid dienone is 3. The van der Waals surface area contributed by atoms with E-state index in [1.54, 1.807) is 6.08 Å². The molecule has 0 rings (SSSR count). The van der Waals surface area contributed by atoms with Crippen molar-refractivity contribution in [2.24, 2.45) is 0 Å². The van der Waals surface area contributed by atoms with E-state index in [1.807, 2.05) is 27.2 Å². The molecule has 0 heterocycles. The molecule has 0 aliphatic heterocycles. The second-order valence-corrected chi connectivity index (χ2v) is 18.2. The van der Waals surface area contributed by atoms with Crippen LogP contribution in [0, 0.1) is 0 Å². The highest BCUT2D eigenvalue weighted by molar-refractivity contribution is 7.47. The highest BCUT2D eigenvalue weighted by Gasteiger charge is 2.27. The molecule has 0 spiro atoms. The molecule has 9 heteroatoms. The van der Waals surface area contributed by atoms with Crippen LogP contribution in [-0.2, 0) is 18.4 Å². The predicted molar refractivity (Wildman–Crippen MR) is 231 cm³/mol. The van der Waals surface area contributed by atoms with Gasteiger partial charge in [-0.2, -0.15) is 0 Å². The molecule has 0 aromatic carbocycles. The first-order valence-electron chi connectivity index (χ1n) is 22.7. The number of carbonyl (C=O) groups excluding carboxylic acids is 1. The summed E-state index contributed by atoms with van der Waals surface area (Å²) < 4.78 is 23.4. The molecule has 3 N–H and O–H groups in total. The molecule has 0 bridgehead atoms. The third-order valence-corrected chi connectivity index (χ3v) is 11.1. The number of quaternary nitrogens is 1. The summed E-state index contributed by atoms with van der Waals surface area (Å²) in [6.45, 7) is 4.76. The van der Waals surface area contributed by atoms with Crippen molar-refractivity contribution in [1.82, 2.24) is 5.32 Å². The molecule has 0 aromatic heterocycles. The molecule has 0 saturated carbocycles. The van der Waals surface area contributed by atoms with Crippen molar-refractivity contribution in [2.75, 3.05) is 40.9 Å². The SMILES string of the molecule is CCCCCCC/C=C/C(O)C(COP(=O)(O)OCC[N+](C)(C)C)NC(=O)CCCCCCCCCCCCCCC/C=C\CCCCCCCCCC. The second kappa shape index (κ2) is 37.6. The van der Waals surface area contributed by atoms with Gasteiger partial charge in [-0.05, 0) is 44.9 Å². The van der Waals surface area contributed by atoms with Crippen molar-refractivity contribution in [1.29, 1.82) is 0 Å². The van der Waals surface area contributed by atoms with Gasteiger partial charge in [-0.25, -0.2) is 4.57 Å². The van der Waals surface area contributed by atoms with Gasteiger partial charge in [0.05, 0.1) is 39.9 Å². The number of nitrogens with zero attached hydrogens (tertiary/aromatic N) is 1. The van der Waals surface area contributed by atoms with Crippen molar-refractivity contribution in [2.45, 2.75) is 219 Å². The Hall–Kier alpha value is -1.02. The van der Waals surface area contributed by atoms with Crippen molar-refractivity contribution in [3.05, 3.63) is 24.3 Å². The summed E-state index contributed by atoms with van der Waals surface area (Å²) in [5.41, 5.74) is 0. The first-order chi connectivity index (χ1) is 26.0. The minimum atomic E-state index is -4.32. The lowest BCUT2D eigenvalue weighted by Crippen LogP contribution is -2.45. The molecule has 0 aliphatic rings. The van der Waals surface area contributed by atoms with Crippen LogP contribution >= 0.6 is 7.82 Å². The molecule has 0 saturated heterocycles. The van der Waals surface area contributed by atoms with E-state index in [4.69, 9.17) is 9.05 Å². The zero-order valence-corrected chi connectivity index (χ0v) is 37.1. The summed E-state index contributed by atoms with van der Waals surface area (Å²) in [7, 11) is 1.57. The van der Waals surface area contributed by atoms with Crippen molar-refractivity contribution < 1.29 is 32.9 Å². The maximum Gasteiger partial charge on any atom is 0.472 e. The number of amides is 1. The van der Waals surface area contributed by atoms with E-state index in [0.717, 1.165) is 38.5 Å². The lowest BCUT2D eigenvalue weighted by molar-refractivity contribution is -0.870. The highest BCUT2D eigenvalue weighted by atomic mass is 31.2. The molecule has 0 aliphatic carbocycles. The number of phosphoric ester groups is 1. The Kier molecular flexibility index (Phi) is 36.8. The lowest BCUT2D eigenvalue weighted by Gasteiger charge is -2.25. The third-order valence-electron chi connectivity index (χ3n) is 10.2. The van der Waals surface area contributed by atoms with Crippen molar-refractivity contribution in [3.63, 3.8) is 0 Å². The fraction of sp³-hybridized carbons (Fsp3) is 0.889. The van der Waals surface area contributed by atoms with Gasteiger partial charge in [-0.15, -0.1) is 0 Å². The summed E-state index contributed by atoms with van der Waals surface area (Å²) in [6.07, 6.45) is 44.2. The summed E-state index contributed by atoms with van der Waals surface area (Å²) in [5, 5.41) is 13.7. The Balaban J connectivity index is 4.06. The molecule has 54 heavy (non-hydrogen) atoms. The van der Waals surface area contributed by atoms with E-state index in [-0.39, 0.29) is 19.1 Å². The van der Waals surface area contributed by atoms with E-state index in [1.165, 1.54) is 148 Å². The molecule has 0 radical (unpaired) electrons. The summed E-state index contributed by atoms with van der Waals surface area (Å²) in [4.78, 5) is 23.0. The number of aliphatic hydroxyl groups excluding tert-OH is 1. The van der Waals surface area contributed by atoms with Crippen molar-refractivity contribution in [3.8, 4) is 0 Å². The smallest absolute Gasteiger partial charge is 0.387 e. The van der Waals surface area contributed by atoms with Gasteiger partial charge < -0.3 is 19.8 Å². The first-order valence-corrected chi connectivity index (χ1v) is 24.2. The number of likely N-dealkylation sites (N-methyl/N-ethyl adjacent to an activating group) is 1. The Labute approximate surface area is 334 Å². The Morgan fingerprint density at radius 1 is 0.611 bits per heavy atom. The Morgan fingerprint density at radius 2 is 1.00 bits per heavy atom. The van der Waals surface area contributed by atoms with Gasteiger partial charge in [0.15, 0.2) is 0 Å². The normalized spacial score (nSPS) is 14.6. The molecule has 0 aromatic rings. The van der Waals surface area contributed by atoms with Gasteiger partial charge in [-0.1, -0.05) is 179 Å². The number of nitrogens with one attached hydrogen (secondary N) is 1. The Bertz CT molecular complexity index is 938. The van der Waals surface area contributed by atoms with E-state index < -0.39 is 20.0 Å². The van der Waals surface area contributed by atoms with Gasteiger partial charge >= 0.3 is 7.82 Å². The predicted octanol–water partition coefficient (Wildman–Crippen LogP) is 12.5. The number of unbranched alkanes of at least 4 members (excludes halogenated alkanes) is 26. The van der Waals surface area contributed by atoms with Gasteiger partial charge in [-0.3, -0.25) is 13.8 Å². The molecule has 0 fully saturated rings. The highest BCUT2D eigenvalue weighted by Crippen LogP contribution is 2.43. The largest absolute Gasteiger partial charge is 0.472 e. The summed E-state index contributed by atoms with van der Waals surface area (Å²) in [6, 6.07) is -0.840. The number of phosphoric acid groups is 1. The van der Waals surface area contributed by atoms with Gasteiger partial charge in [0.1, 0.15) is 13.2 Å².